The van der Waals surface area contributed by atoms with Gasteiger partial charge in [-0.2, -0.15) is 0 Å². The molecule has 1 aliphatic carbocycles. The van der Waals surface area contributed by atoms with Crippen LogP contribution in [0.2, 0.25) is 0 Å². The highest BCUT2D eigenvalue weighted by Gasteiger charge is 2.23. The van der Waals surface area contributed by atoms with Crippen LogP contribution in [0.25, 0.3) is 0 Å². The molecule has 3 aliphatic rings. The Bertz CT molecular complexity index is 2170. The number of ether oxygens (including phenoxy) is 2. The molecule has 10 bridgehead atoms. The zero-order chi connectivity index (χ0) is 39.8. The summed E-state index contributed by atoms with van der Waals surface area (Å²) in [6.07, 6.45) is 4.96. The van der Waals surface area contributed by atoms with Crippen LogP contribution in [0.4, 0.5) is 11.4 Å². The third kappa shape index (κ3) is 9.18. The molecule has 8 nitrogen and oxygen atoms in total. The Balaban J connectivity index is 1.33. The minimum Gasteiger partial charge on any atom is -0.507 e. The van der Waals surface area contributed by atoms with E-state index in [1.807, 2.05) is 121 Å². The number of rotatable bonds is 6. The van der Waals surface area contributed by atoms with E-state index in [9.17, 15) is 19.8 Å². The molecule has 0 atom stereocenters. The Kier molecular flexibility index (Phi) is 11.7. The van der Waals surface area contributed by atoms with Crippen LogP contribution in [0.1, 0.15) is 94.2 Å². The number of aromatic hydroxyl groups is 2. The zero-order valence-corrected chi connectivity index (χ0v) is 32.6. The van der Waals surface area contributed by atoms with Crippen LogP contribution in [0.3, 0.4) is 0 Å². The van der Waals surface area contributed by atoms with Crippen molar-refractivity contribution in [3.05, 3.63) is 177 Å². The molecule has 0 radical (unpaired) electrons. The Morgan fingerprint density at radius 2 is 0.776 bits per heavy atom. The summed E-state index contributed by atoms with van der Waals surface area (Å²) in [6.45, 7) is 0.623. The summed E-state index contributed by atoms with van der Waals surface area (Å²) in [4.78, 5) is 26.7. The zero-order valence-electron chi connectivity index (χ0n) is 32.6. The average Bonchev–Trinajstić information content (AvgIpc) is 3.22. The van der Waals surface area contributed by atoms with Gasteiger partial charge < -0.3 is 30.3 Å². The number of hydrogen-bond donors (Lipinski definition) is 4. The molecule has 0 fully saturated rings. The van der Waals surface area contributed by atoms with E-state index in [-0.39, 0.29) is 23.3 Å². The van der Waals surface area contributed by atoms with Gasteiger partial charge in [0.15, 0.2) is 0 Å². The molecule has 294 valence electrons. The van der Waals surface area contributed by atoms with Crippen molar-refractivity contribution in [2.24, 2.45) is 0 Å². The van der Waals surface area contributed by atoms with Crippen molar-refractivity contribution in [3.8, 4) is 23.0 Å². The Labute approximate surface area is 339 Å². The lowest BCUT2D eigenvalue weighted by Crippen LogP contribution is -2.12. The quantitative estimate of drug-likeness (QED) is 0.125. The highest BCUT2D eigenvalue weighted by Crippen LogP contribution is 2.40. The van der Waals surface area contributed by atoms with Gasteiger partial charge in [0.1, 0.15) is 36.2 Å². The first-order chi connectivity index (χ1) is 28.4. The normalized spacial score (nSPS) is 14.5. The van der Waals surface area contributed by atoms with Crippen molar-refractivity contribution in [2.75, 3.05) is 10.6 Å². The molecule has 6 aromatic carbocycles. The van der Waals surface area contributed by atoms with Gasteiger partial charge in [-0.15, -0.1) is 0 Å². The monoisotopic (exact) mass is 772 g/mol. The lowest BCUT2D eigenvalue weighted by atomic mass is 9.90. The van der Waals surface area contributed by atoms with Gasteiger partial charge in [-0.1, -0.05) is 110 Å². The molecule has 0 spiro atoms. The second kappa shape index (κ2) is 17.7. The average molecular weight is 773 g/mol. The number of phenolic OH excluding ortho intramolecular Hbond substituents is 2. The van der Waals surface area contributed by atoms with Gasteiger partial charge in [0.25, 0.3) is 0 Å². The predicted molar refractivity (Wildman–Crippen MR) is 227 cm³/mol. The van der Waals surface area contributed by atoms with Crippen LogP contribution in [0, 0.1) is 0 Å². The summed E-state index contributed by atoms with van der Waals surface area (Å²) in [6, 6.07) is 39.2. The van der Waals surface area contributed by atoms with Crippen LogP contribution in [-0.4, -0.2) is 22.0 Å². The smallest absolute Gasteiger partial charge is 0.224 e. The summed E-state index contributed by atoms with van der Waals surface area (Å²) in [5.41, 5.74) is 9.15. The Morgan fingerprint density at radius 3 is 1.12 bits per heavy atom. The van der Waals surface area contributed by atoms with E-state index in [4.69, 9.17) is 9.47 Å². The van der Waals surface area contributed by atoms with Crippen molar-refractivity contribution in [1.82, 2.24) is 0 Å². The highest BCUT2D eigenvalue weighted by atomic mass is 16.5. The van der Waals surface area contributed by atoms with Crippen LogP contribution >= 0.6 is 0 Å². The van der Waals surface area contributed by atoms with Gasteiger partial charge in [-0.05, 0) is 70.5 Å². The molecule has 9 rings (SSSR count). The third-order valence-electron chi connectivity index (χ3n) is 11.0. The van der Waals surface area contributed by atoms with Crippen LogP contribution in [0.5, 0.6) is 23.0 Å². The molecule has 4 N–H and O–H groups in total. The largest absolute Gasteiger partial charge is 0.507 e. The number of benzene rings is 6. The minimum absolute atomic E-state index is 0.102. The SMILES string of the molecule is O=C1CCCCCCC(=O)Nc2cc3c(O)c(c2)Cc2cccc(c2OCc2ccccc2)Cc2cc(cc(c2O)Cc2cccc(c2OCc2ccccc2)C3)N1. The van der Waals surface area contributed by atoms with E-state index >= 15 is 0 Å². The topological polar surface area (TPSA) is 117 Å². The van der Waals surface area contributed by atoms with Gasteiger partial charge >= 0.3 is 0 Å². The molecule has 0 saturated carbocycles. The highest BCUT2D eigenvalue weighted by molar-refractivity contribution is 5.92. The van der Waals surface area contributed by atoms with Gasteiger partial charge in [-0.3, -0.25) is 9.59 Å². The van der Waals surface area contributed by atoms with Crippen molar-refractivity contribution >= 4 is 23.2 Å². The number of phenols is 2. The first-order valence-corrected chi connectivity index (χ1v) is 20.2. The van der Waals surface area contributed by atoms with Crippen molar-refractivity contribution in [2.45, 2.75) is 77.4 Å². The van der Waals surface area contributed by atoms with E-state index in [0.29, 0.717) is 110 Å². The molecule has 2 heterocycles. The van der Waals surface area contributed by atoms with Gasteiger partial charge in [0.2, 0.25) is 11.8 Å². The van der Waals surface area contributed by atoms with E-state index < -0.39 is 0 Å². The van der Waals surface area contributed by atoms with Gasteiger partial charge in [-0.25, -0.2) is 0 Å². The van der Waals surface area contributed by atoms with Crippen LogP contribution < -0.4 is 20.1 Å². The number of carbonyl (C=O) groups is 2. The van der Waals surface area contributed by atoms with Crippen LogP contribution in [0.15, 0.2) is 121 Å². The number of amides is 2. The lowest BCUT2D eigenvalue weighted by molar-refractivity contribution is -0.117. The predicted octanol–water partition coefficient (Wildman–Crippen LogP) is 10.2. The Morgan fingerprint density at radius 1 is 0.431 bits per heavy atom. The second-order valence-corrected chi connectivity index (χ2v) is 15.4. The fraction of sp³-hybridized carbons (Fsp3) is 0.240. The van der Waals surface area contributed by atoms with E-state index in [0.717, 1.165) is 46.2 Å². The summed E-state index contributed by atoms with van der Waals surface area (Å²) >= 11 is 0. The molecule has 0 aromatic heterocycles. The van der Waals surface area contributed by atoms with E-state index in [1.54, 1.807) is 0 Å². The van der Waals surface area contributed by atoms with Gasteiger partial charge in [0.05, 0.1) is 0 Å². The molecule has 6 aromatic rings. The molecular formula is C50H48N2O6. The third-order valence-corrected chi connectivity index (χ3v) is 11.0. The number of hydrogen-bond acceptors (Lipinski definition) is 6. The van der Waals surface area contributed by atoms with Crippen LogP contribution in [-0.2, 0) is 48.5 Å². The standard InChI is InChI=1S/C50H48N2O6/c53-45-21-9-1-2-10-22-46(54)52-44-29-41-25-37-19-11-17-35(49(37)57-31-33-13-5-3-6-14-33)23-39-27-43(51-45)28-40(47(39)55)24-36-18-12-20-38(26-42(30-44)48(41)56)50(36)58-32-34-15-7-4-8-16-34/h3-8,11-20,27-30,55-56H,1-2,9-10,21-26,31-32H2,(H,51,53)(H,52,54). The fourth-order valence-electron chi connectivity index (χ4n) is 8.06. The number of fused-ring (bicyclic) bond motifs is 9. The number of para-hydroxylation sites is 2. The number of nitrogens with one attached hydrogen (secondary N) is 2. The first-order valence-electron chi connectivity index (χ1n) is 20.2. The first kappa shape index (κ1) is 38.3. The second-order valence-electron chi connectivity index (χ2n) is 15.4. The maximum Gasteiger partial charge on any atom is 0.224 e. The molecule has 0 saturated heterocycles. The Hall–Kier alpha value is -6.54. The summed E-state index contributed by atoms with van der Waals surface area (Å²) in [5.74, 6) is 1.38. The maximum atomic E-state index is 13.4. The molecule has 8 heteroatoms. The minimum atomic E-state index is -0.102. The summed E-state index contributed by atoms with van der Waals surface area (Å²) < 4.78 is 13.4. The van der Waals surface area contributed by atoms with Crippen molar-refractivity contribution in [1.29, 1.82) is 0 Å². The molecule has 2 amide bonds. The van der Waals surface area contributed by atoms with E-state index in [2.05, 4.69) is 10.6 Å². The molecule has 2 aliphatic heterocycles. The maximum absolute atomic E-state index is 13.4. The number of anilines is 2. The van der Waals surface area contributed by atoms with E-state index in [1.165, 1.54) is 0 Å². The summed E-state index contributed by atoms with van der Waals surface area (Å²) in [5, 5.41) is 30.5. The fourth-order valence-corrected chi connectivity index (χ4v) is 8.06. The molecule has 0 unspecified atom stereocenters. The summed E-state index contributed by atoms with van der Waals surface area (Å²) in [7, 11) is 0. The molecular weight excluding hydrogens is 725 g/mol. The van der Waals surface area contributed by atoms with Crippen molar-refractivity contribution in [3.63, 3.8) is 0 Å². The van der Waals surface area contributed by atoms with Crippen molar-refractivity contribution < 1.29 is 29.3 Å². The lowest BCUT2D eigenvalue weighted by Gasteiger charge is -2.22. The van der Waals surface area contributed by atoms with Gasteiger partial charge in [0, 0.05) is 72.2 Å². The molecule has 58 heavy (non-hydrogen) atoms. The number of carbonyl (C=O) groups excluding carboxylic acids is 2.